The van der Waals surface area contributed by atoms with Gasteiger partial charge in [0.2, 0.25) is 0 Å². The molecule has 4 nitrogen and oxygen atoms in total. The van der Waals surface area contributed by atoms with Crippen LogP contribution in [0, 0.1) is 29.6 Å². The summed E-state index contributed by atoms with van der Waals surface area (Å²) in [6.07, 6.45) is 2.48. The summed E-state index contributed by atoms with van der Waals surface area (Å²) >= 11 is 0. The van der Waals surface area contributed by atoms with Crippen LogP contribution in [0.3, 0.4) is 0 Å². The number of rotatable bonds is 7. The van der Waals surface area contributed by atoms with Gasteiger partial charge in [0.05, 0.1) is 0 Å². The number of hydrogen-bond donors (Lipinski definition) is 0. The number of aryl methyl sites for hydroxylation is 2. The van der Waals surface area contributed by atoms with E-state index in [9.17, 15) is 0 Å². The van der Waals surface area contributed by atoms with Crippen LogP contribution in [-0.4, -0.2) is 13.2 Å². The molecule has 0 aliphatic rings. The SMILES string of the molecule is CCc1cc(C)cc(OCCOc2ccccc2C=C(C#N)C#N)c1. The fourth-order valence-electron chi connectivity index (χ4n) is 2.40. The first kappa shape index (κ1) is 18.1. The molecule has 0 saturated heterocycles. The normalized spacial score (nSPS) is 9.60. The van der Waals surface area contributed by atoms with E-state index in [0.717, 1.165) is 12.2 Å². The number of para-hydroxylation sites is 1. The van der Waals surface area contributed by atoms with Crippen molar-refractivity contribution in [1.29, 1.82) is 10.5 Å². The average molecular weight is 332 g/mol. The molecule has 126 valence electrons. The lowest BCUT2D eigenvalue weighted by atomic mass is 10.1. The van der Waals surface area contributed by atoms with Gasteiger partial charge in [0, 0.05) is 5.56 Å². The van der Waals surface area contributed by atoms with E-state index in [2.05, 4.69) is 13.0 Å². The molecule has 2 aromatic carbocycles. The summed E-state index contributed by atoms with van der Waals surface area (Å²) in [5, 5.41) is 17.8. The van der Waals surface area contributed by atoms with Gasteiger partial charge in [0.15, 0.2) is 0 Å². The quantitative estimate of drug-likeness (QED) is 0.555. The molecule has 4 heteroatoms. The zero-order valence-electron chi connectivity index (χ0n) is 14.5. The maximum atomic E-state index is 8.88. The molecule has 0 aliphatic heterocycles. The van der Waals surface area contributed by atoms with Gasteiger partial charge in [-0.3, -0.25) is 0 Å². The molecule has 0 heterocycles. The molecule has 0 N–H and O–H groups in total. The van der Waals surface area contributed by atoms with E-state index in [1.807, 2.05) is 43.3 Å². The van der Waals surface area contributed by atoms with E-state index < -0.39 is 0 Å². The van der Waals surface area contributed by atoms with Crippen molar-refractivity contribution in [2.75, 3.05) is 13.2 Å². The highest BCUT2D eigenvalue weighted by Gasteiger charge is 2.03. The van der Waals surface area contributed by atoms with Crippen molar-refractivity contribution >= 4 is 6.08 Å². The Balaban J connectivity index is 1.97. The van der Waals surface area contributed by atoms with E-state index in [1.165, 1.54) is 17.2 Å². The van der Waals surface area contributed by atoms with Crippen molar-refractivity contribution in [1.82, 2.24) is 0 Å². The average Bonchev–Trinajstić information content (AvgIpc) is 2.63. The Labute approximate surface area is 148 Å². The second-order valence-electron chi connectivity index (χ2n) is 5.52. The molecule has 2 rings (SSSR count). The number of hydrogen-bond acceptors (Lipinski definition) is 4. The molecule has 25 heavy (non-hydrogen) atoms. The smallest absolute Gasteiger partial charge is 0.130 e. The number of benzene rings is 2. The fourth-order valence-corrected chi connectivity index (χ4v) is 2.40. The van der Waals surface area contributed by atoms with E-state index >= 15 is 0 Å². The van der Waals surface area contributed by atoms with Gasteiger partial charge in [-0.1, -0.05) is 31.2 Å². The minimum Gasteiger partial charge on any atom is -0.490 e. The zero-order valence-corrected chi connectivity index (χ0v) is 14.5. The van der Waals surface area contributed by atoms with Crippen LogP contribution in [0.15, 0.2) is 48.0 Å². The van der Waals surface area contributed by atoms with Crippen molar-refractivity contribution in [2.24, 2.45) is 0 Å². The Morgan fingerprint density at radius 3 is 2.48 bits per heavy atom. The van der Waals surface area contributed by atoms with Crippen LogP contribution < -0.4 is 9.47 Å². The summed E-state index contributed by atoms with van der Waals surface area (Å²) in [6.45, 7) is 4.94. The summed E-state index contributed by atoms with van der Waals surface area (Å²) in [5.74, 6) is 1.46. The molecule has 0 bridgehead atoms. The highest BCUT2D eigenvalue weighted by atomic mass is 16.5. The van der Waals surface area contributed by atoms with Crippen molar-refractivity contribution in [3.8, 4) is 23.6 Å². The van der Waals surface area contributed by atoms with Crippen molar-refractivity contribution in [3.05, 3.63) is 64.7 Å². The molecular weight excluding hydrogens is 312 g/mol. The lowest BCUT2D eigenvalue weighted by Crippen LogP contribution is -2.09. The molecule has 0 spiro atoms. The molecule has 0 aromatic heterocycles. The molecule has 0 aliphatic carbocycles. The van der Waals surface area contributed by atoms with E-state index in [4.69, 9.17) is 20.0 Å². The van der Waals surface area contributed by atoms with E-state index in [1.54, 1.807) is 12.1 Å². The van der Waals surface area contributed by atoms with Gasteiger partial charge in [-0.15, -0.1) is 0 Å². The van der Waals surface area contributed by atoms with Gasteiger partial charge in [-0.2, -0.15) is 10.5 Å². The number of nitriles is 2. The van der Waals surface area contributed by atoms with Gasteiger partial charge >= 0.3 is 0 Å². The molecule has 0 saturated carbocycles. The van der Waals surface area contributed by atoms with Crippen LogP contribution in [0.2, 0.25) is 0 Å². The molecule has 0 amide bonds. The standard InChI is InChI=1S/C21H20N2O2/c1-3-17-10-16(2)11-20(13-17)24-8-9-25-21-7-5-4-6-19(21)12-18(14-22)15-23/h4-7,10-13H,3,8-9H2,1-2H3. The lowest BCUT2D eigenvalue weighted by Gasteiger charge is -2.11. The summed E-state index contributed by atoms with van der Waals surface area (Å²) < 4.78 is 11.5. The second kappa shape index (κ2) is 9.15. The first-order valence-corrected chi connectivity index (χ1v) is 8.13. The first-order valence-electron chi connectivity index (χ1n) is 8.13. The lowest BCUT2D eigenvalue weighted by molar-refractivity contribution is 0.216. The van der Waals surface area contributed by atoms with Crippen LogP contribution in [0.25, 0.3) is 6.08 Å². The first-order chi connectivity index (χ1) is 12.2. The summed E-state index contributed by atoms with van der Waals surface area (Å²) in [5.41, 5.74) is 3.15. The number of nitrogens with zero attached hydrogens (tertiary/aromatic N) is 2. The molecule has 0 fully saturated rings. The predicted octanol–water partition coefficient (Wildman–Crippen LogP) is 4.45. The van der Waals surface area contributed by atoms with Crippen LogP contribution >= 0.6 is 0 Å². The van der Waals surface area contributed by atoms with Crippen LogP contribution in [-0.2, 0) is 6.42 Å². The monoisotopic (exact) mass is 332 g/mol. The van der Waals surface area contributed by atoms with Gasteiger partial charge in [0.1, 0.15) is 42.4 Å². The summed E-state index contributed by atoms with van der Waals surface area (Å²) in [4.78, 5) is 0. The third kappa shape index (κ3) is 5.41. The predicted molar refractivity (Wildman–Crippen MR) is 97.2 cm³/mol. The highest BCUT2D eigenvalue weighted by molar-refractivity contribution is 5.66. The Hall–Kier alpha value is -3.24. The molecule has 2 aromatic rings. The van der Waals surface area contributed by atoms with Crippen molar-refractivity contribution in [2.45, 2.75) is 20.3 Å². The maximum absolute atomic E-state index is 8.88. The van der Waals surface area contributed by atoms with Crippen LogP contribution in [0.5, 0.6) is 11.5 Å². The molecular formula is C21H20N2O2. The second-order valence-corrected chi connectivity index (χ2v) is 5.52. The van der Waals surface area contributed by atoms with Crippen molar-refractivity contribution in [3.63, 3.8) is 0 Å². The van der Waals surface area contributed by atoms with Gasteiger partial charge in [-0.25, -0.2) is 0 Å². The Morgan fingerprint density at radius 1 is 1.04 bits per heavy atom. The number of ether oxygens (including phenoxy) is 2. The van der Waals surface area contributed by atoms with E-state index in [0.29, 0.717) is 24.5 Å². The van der Waals surface area contributed by atoms with Gasteiger partial charge in [0.25, 0.3) is 0 Å². The summed E-state index contributed by atoms with van der Waals surface area (Å²) in [7, 11) is 0. The van der Waals surface area contributed by atoms with E-state index in [-0.39, 0.29) is 5.57 Å². The largest absolute Gasteiger partial charge is 0.490 e. The maximum Gasteiger partial charge on any atom is 0.130 e. The zero-order chi connectivity index (χ0) is 18.1. The Morgan fingerprint density at radius 2 is 1.76 bits per heavy atom. The minimum absolute atomic E-state index is 0.0409. The van der Waals surface area contributed by atoms with Crippen molar-refractivity contribution < 1.29 is 9.47 Å². The fraction of sp³-hybridized carbons (Fsp3) is 0.238. The third-order valence-electron chi connectivity index (χ3n) is 3.59. The number of allylic oxidation sites excluding steroid dienone is 1. The van der Waals surface area contributed by atoms with Gasteiger partial charge < -0.3 is 9.47 Å². The highest BCUT2D eigenvalue weighted by Crippen LogP contribution is 2.21. The van der Waals surface area contributed by atoms with Gasteiger partial charge in [-0.05, 0) is 48.7 Å². The third-order valence-corrected chi connectivity index (χ3v) is 3.59. The topological polar surface area (TPSA) is 66.0 Å². The minimum atomic E-state index is 0.0409. The Bertz CT molecular complexity index is 826. The Kier molecular flexibility index (Phi) is 6.63. The molecule has 0 unspecified atom stereocenters. The molecule has 0 atom stereocenters. The summed E-state index contributed by atoms with van der Waals surface area (Å²) in [6, 6.07) is 17.2. The molecule has 0 radical (unpaired) electrons. The van der Waals surface area contributed by atoms with Crippen LogP contribution in [0.1, 0.15) is 23.6 Å². The van der Waals surface area contributed by atoms with Crippen LogP contribution in [0.4, 0.5) is 0 Å².